The molecule has 6 nitrogen and oxygen atoms in total. The molecule has 1 heterocycles. The Morgan fingerprint density at radius 2 is 1.96 bits per heavy atom. The second-order valence-electron chi connectivity index (χ2n) is 6.26. The van der Waals surface area contributed by atoms with Crippen LogP contribution in [0, 0.1) is 5.92 Å². The summed E-state index contributed by atoms with van der Waals surface area (Å²) in [5.74, 6) is 0.0396. The molecule has 0 aromatic heterocycles. The predicted molar refractivity (Wildman–Crippen MR) is 101 cm³/mol. The van der Waals surface area contributed by atoms with Crippen LogP contribution < -0.4 is 14.8 Å². The van der Waals surface area contributed by atoms with Crippen molar-refractivity contribution in [2.45, 2.75) is 19.4 Å². The highest BCUT2D eigenvalue weighted by Crippen LogP contribution is 2.30. The molecular weight excluding hydrogens is 370 g/mol. The highest BCUT2D eigenvalue weighted by Gasteiger charge is 2.30. The number of esters is 1. The maximum atomic E-state index is 12.4. The Morgan fingerprint density at radius 3 is 2.67 bits per heavy atom. The van der Waals surface area contributed by atoms with Crippen LogP contribution in [0.4, 0.5) is 5.69 Å². The number of methoxy groups -OCH3 is 1. The molecule has 0 bridgehead atoms. The first-order valence-corrected chi connectivity index (χ1v) is 8.90. The SMILES string of the molecule is COc1ccc(NC(=O)[C@@H](C)OC(=O)[C@H]2COc3ccc(Cl)cc3C2)cc1. The lowest BCUT2D eigenvalue weighted by molar-refractivity contribution is -0.158. The van der Waals surface area contributed by atoms with E-state index in [1.807, 2.05) is 0 Å². The van der Waals surface area contributed by atoms with Gasteiger partial charge in [0.15, 0.2) is 6.10 Å². The molecule has 0 spiro atoms. The first kappa shape index (κ1) is 19.0. The average molecular weight is 390 g/mol. The first-order valence-electron chi connectivity index (χ1n) is 8.53. The van der Waals surface area contributed by atoms with Crippen LogP contribution in [0.1, 0.15) is 12.5 Å². The van der Waals surface area contributed by atoms with Gasteiger partial charge in [-0.1, -0.05) is 11.6 Å². The summed E-state index contributed by atoms with van der Waals surface area (Å²) in [5.41, 5.74) is 1.44. The minimum absolute atomic E-state index is 0.209. The molecule has 142 valence electrons. The lowest BCUT2D eigenvalue weighted by Gasteiger charge is -2.25. The third-order valence-corrected chi connectivity index (χ3v) is 4.52. The van der Waals surface area contributed by atoms with E-state index in [1.54, 1.807) is 49.6 Å². The highest BCUT2D eigenvalue weighted by atomic mass is 35.5. The van der Waals surface area contributed by atoms with E-state index < -0.39 is 23.9 Å². The Hall–Kier alpha value is -2.73. The number of anilines is 1. The molecule has 27 heavy (non-hydrogen) atoms. The zero-order valence-electron chi connectivity index (χ0n) is 15.0. The molecule has 0 aliphatic carbocycles. The van der Waals surface area contributed by atoms with Gasteiger partial charge in [-0.15, -0.1) is 0 Å². The molecule has 1 aliphatic heterocycles. The number of ether oxygens (including phenoxy) is 3. The molecule has 2 aromatic rings. The first-order chi connectivity index (χ1) is 13.0. The lowest BCUT2D eigenvalue weighted by Crippen LogP contribution is -2.36. The van der Waals surface area contributed by atoms with Gasteiger partial charge in [-0.3, -0.25) is 9.59 Å². The van der Waals surface area contributed by atoms with Gasteiger partial charge < -0.3 is 19.5 Å². The predicted octanol–water partition coefficient (Wildman–Crippen LogP) is 3.47. The van der Waals surface area contributed by atoms with Gasteiger partial charge in [-0.05, 0) is 61.4 Å². The van der Waals surface area contributed by atoms with Crippen LogP contribution >= 0.6 is 11.6 Å². The summed E-state index contributed by atoms with van der Waals surface area (Å²) in [4.78, 5) is 24.7. The zero-order chi connectivity index (χ0) is 19.4. The van der Waals surface area contributed by atoms with E-state index in [2.05, 4.69) is 5.32 Å². The minimum atomic E-state index is -0.930. The fourth-order valence-corrected chi connectivity index (χ4v) is 2.95. The van der Waals surface area contributed by atoms with Gasteiger partial charge in [0, 0.05) is 10.7 Å². The number of carbonyl (C=O) groups excluding carboxylic acids is 2. The summed E-state index contributed by atoms with van der Waals surface area (Å²) in [6.45, 7) is 1.74. The summed E-state index contributed by atoms with van der Waals surface area (Å²) >= 11 is 5.99. The molecule has 0 unspecified atom stereocenters. The van der Waals surface area contributed by atoms with Gasteiger partial charge in [0.2, 0.25) is 0 Å². The number of rotatable bonds is 5. The number of hydrogen-bond acceptors (Lipinski definition) is 5. The molecule has 1 amide bonds. The van der Waals surface area contributed by atoms with Crippen molar-refractivity contribution < 1.29 is 23.8 Å². The molecular formula is C20H20ClNO5. The van der Waals surface area contributed by atoms with E-state index >= 15 is 0 Å². The van der Waals surface area contributed by atoms with Crippen LogP contribution in [0.5, 0.6) is 11.5 Å². The van der Waals surface area contributed by atoms with E-state index in [-0.39, 0.29) is 6.61 Å². The maximum absolute atomic E-state index is 12.4. The average Bonchev–Trinajstić information content (AvgIpc) is 2.67. The number of fused-ring (bicyclic) bond motifs is 1. The number of hydrogen-bond donors (Lipinski definition) is 1. The summed E-state index contributed by atoms with van der Waals surface area (Å²) < 4.78 is 16.0. The van der Waals surface area contributed by atoms with Crippen molar-refractivity contribution >= 4 is 29.2 Å². The second-order valence-corrected chi connectivity index (χ2v) is 6.70. The van der Waals surface area contributed by atoms with Gasteiger partial charge in [-0.25, -0.2) is 0 Å². The Labute approximate surface area is 162 Å². The van der Waals surface area contributed by atoms with Crippen LogP contribution in [0.15, 0.2) is 42.5 Å². The molecule has 3 rings (SSSR count). The summed E-state index contributed by atoms with van der Waals surface area (Å²) in [6.07, 6.45) is -0.470. The van der Waals surface area contributed by atoms with Gasteiger partial charge in [0.05, 0.1) is 13.0 Å². The molecule has 1 aliphatic rings. The third kappa shape index (κ3) is 4.71. The van der Waals surface area contributed by atoms with Gasteiger partial charge >= 0.3 is 5.97 Å². The number of nitrogens with one attached hydrogen (secondary N) is 1. The summed E-state index contributed by atoms with van der Waals surface area (Å²) in [7, 11) is 1.57. The van der Waals surface area contributed by atoms with E-state index in [1.165, 1.54) is 6.92 Å². The van der Waals surface area contributed by atoms with Crippen molar-refractivity contribution in [3.63, 3.8) is 0 Å². The normalized spacial score (nSPS) is 16.5. The van der Waals surface area contributed by atoms with Crippen molar-refractivity contribution in [1.82, 2.24) is 0 Å². The Balaban J connectivity index is 1.56. The van der Waals surface area contributed by atoms with Gasteiger partial charge in [0.1, 0.15) is 18.1 Å². The third-order valence-electron chi connectivity index (χ3n) is 4.28. The van der Waals surface area contributed by atoms with Crippen molar-refractivity contribution in [2.24, 2.45) is 5.92 Å². The quantitative estimate of drug-likeness (QED) is 0.792. The summed E-state index contributed by atoms with van der Waals surface area (Å²) in [5, 5.41) is 3.29. The molecule has 1 N–H and O–H groups in total. The molecule has 0 radical (unpaired) electrons. The number of amides is 1. The topological polar surface area (TPSA) is 73.9 Å². The van der Waals surface area contributed by atoms with Crippen molar-refractivity contribution in [1.29, 1.82) is 0 Å². The molecule has 0 fully saturated rings. The molecule has 2 atom stereocenters. The Bertz CT molecular complexity index is 837. The number of benzene rings is 2. The molecule has 2 aromatic carbocycles. The largest absolute Gasteiger partial charge is 0.497 e. The monoisotopic (exact) mass is 389 g/mol. The highest BCUT2D eigenvalue weighted by molar-refractivity contribution is 6.30. The lowest BCUT2D eigenvalue weighted by atomic mass is 9.97. The van der Waals surface area contributed by atoms with Crippen molar-refractivity contribution in [3.8, 4) is 11.5 Å². The van der Waals surface area contributed by atoms with Crippen LogP contribution in [-0.2, 0) is 20.7 Å². The van der Waals surface area contributed by atoms with Crippen LogP contribution in [0.3, 0.4) is 0 Å². The Morgan fingerprint density at radius 1 is 1.22 bits per heavy atom. The molecule has 0 saturated carbocycles. The van der Waals surface area contributed by atoms with Crippen LogP contribution in [-0.4, -0.2) is 31.7 Å². The van der Waals surface area contributed by atoms with E-state index in [9.17, 15) is 9.59 Å². The standard InChI is InChI=1S/C20H20ClNO5/c1-12(19(23)22-16-4-6-17(25-2)7-5-16)27-20(24)14-9-13-10-15(21)3-8-18(13)26-11-14/h3-8,10,12,14H,9,11H2,1-2H3,(H,22,23)/t12-,14-/m1/s1. The zero-order valence-corrected chi connectivity index (χ0v) is 15.8. The smallest absolute Gasteiger partial charge is 0.313 e. The van der Waals surface area contributed by atoms with Crippen molar-refractivity contribution in [3.05, 3.63) is 53.1 Å². The van der Waals surface area contributed by atoms with E-state index in [0.29, 0.717) is 28.6 Å². The maximum Gasteiger partial charge on any atom is 0.313 e. The molecule has 0 saturated heterocycles. The second kappa shape index (κ2) is 8.31. The summed E-state index contributed by atoms with van der Waals surface area (Å²) in [6, 6.07) is 12.2. The van der Waals surface area contributed by atoms with Crippen LogP contribution in [0.2, 0.25) is 5.02 Å². The van der Waals surface area contributed by atoms with Gasteiger partial charge in [-0.2, -0.15) is 0 Å². The van der Waals surface area contributed by atoms with Crippen LogP contribution in [0.25, 0.3) is 0 Å². The molecule has 7 heteroatoms. The minimum Gasteiger partial charge on any atom is -0.497 e. The van der Waals surface area contributed by atoms with E-state index in [4.69, 9.17) is 25.8 Å². The fourth-order valence-electron chi connectivity index (χ4n) is 2.76. The fraction of sp³-hybridized carbons (Fsp3) is 0.300. The van der Waals surface area contributed by atoms with E-state index in [0.717, 1.165) is 5.56 Å². The number of halogens is 1. The Kier molecular flexibility index (Phi) is 5.86. The van der Waals surface area contributed by atoms with Gasteiger partial charge in [0.25, 0.3) is 5.91 Å². The number of carbonyl (C=O) groups is 2. The van der Waals surface area contributed by atoms with Crippen molar-refractivity contribution in [2.75, 3.05) is 19.0 Å².